The fourth-order valence-corrected chi connectivity index (χ4v) is 3.96. The number of hydrogen-bond donors (Lipinski definition) is 0. The fourth-order valence-electron chi connectivity index (χ4n) is 3.96. The third-order valence-electron chi connectivity index (χ3n) is 5.81. The molecule has 4 rings (SSSR count). The monoisotopic (exact) mass is 404 g/mol. The molecule has 30 heavy (non-hydrogen) atoms. The summed E-state index contributed by atoms with van der Waals surface area (Å²) < 4.78 is 7.03. The number of fused-ring (bicyclic) bond motifs is 1. The second-order valence-electron chi connectivity index (χ2n) is 8.04. The average molecular weight is 405 g/mol. The number of ether oxygens (including phenoxy) is 1. The quantitative estimate of drug-likeness (QED) is 0.518. The van der Waals surface area contributed by atoms with Crippen LogP contribution in [-0.2, 0) is 6.54 Å². The minimum absolute atomic E-state index is 0.0703. The van der Waals surface area contributed by atoms with Crippen molar-refractivity contribution in [2.75, 3.05) is 7.11 Å². The molecule has 2 aromatic carbocycles. The Bertz CT molecular complexity index is 1040. The molecule has 0 saturated heterocycles. The zero-order valence-corrected chi connectivity index (χ0v) is 18.4. The first-order valence-corrected chi connectivity index (χ1v) is 10.8. The van der Waals surface area contributed by atoms with Crippen LogP contribution in [0.25, 0.3) is 16.5 Å². The Kier molecular flexibility index (Phi) is 7.45. The molecule has 4 nitrogen and oxygen atoms in total. The number of rotatable bonds is 5. The van der Waals surface area contributed by atoms with E-state index in [0.29, 0.717) is 23.2 Å². The van der Waals surface area contributed by atoms with Crippen molar-refractivity contribution in [1.29, 1.82) is 0 Å². The van der Waals surface area contributed by atoms with Crippen molar-refractivity contribution in [2.45, 2.75) is 52.5 Å². The van der Waals surface area contributed by atoms with E-state index in [1.807, 2.05) is 53.2 Å². The van der Waals surface area contributed by atoms with Gasteiger partial charge >= 0.3 is 0 Å². The van der Waals surface area contributed by atoms with E-state index in [1.54, 1.807) is 14.0 Å². The van der Waals surface area contributed by atoms with Crippen molar-refractivity contribution in [3.05, 3.63) is 76.6 Å². The van der Waals surface area contributed by atoms with Crippen LogP contribution in [-0.4, -0.2) is 16.9 Å². The zero-order valence-electron chi connectivity index (χ0n) is 18.4. The number of hydrogen-bond acceptors (Lipinski definition) is 3. The van der Waals surface area contributed by atoms with Crippen molar-refractivity contribution < 1.29 is 4.74 Å². The van der Waals surface area contributed by atoms with E-state index >= 15 is 0 Å². The lowest BCUT2D eigenvalue weighted by molar-refractivity contribution is 0.414. The van der Waals surface area contributed by atoms with Gasteiger partial charge in [0, 0.05) is 5.39 Å². The van der Waals surface area contributed by atoms with E-state index in [9.17, 15) is 4.79 Å². The SMILES string of the molecule is C=C(C)c1nn(Cc2ccc(OC)cc2)c2ccccc2c1=O.CCC1CCCC1. The number of methoxy groups -OCH3 is 1. The lowest BCUT2D eigenvalue weighted by Gasteiger charge is -2.12. The standard InChI is InChI=1S/C19H18N2O2.C7H14/c1-13(2)18-19(22)16-6-4-5-7-17(16)21(20-18)12-14-8-10-15(23-3)11-9-14;1-2-7-5-3-4-6-7/h4-11H,1,12H2,2-3H3;7H,2-6H2,1H3. The maximum absolute atomic E-state index is 12.5. The molecule has 1 aliphatic rings. The Labute approximate surface area is 179 Å². The van der Waals surface area contributed by atoms with Gasteiger partial charge in [-0.25, -0.2) is 0 Å². The second kappa shape index (κ2) is 10.2. The summed E-state index contributed by atoms with van der Waals surface area (Å²) in [5.74, 6) is 1.91. The molecule has 0 atom stereocenters. The predicted octanol–water partition coefficient (Wildman–Crippen LogP) is 6.07. The van der Waals surface area contributed by atoms with E-state index in [0.717, 1.165) is 22.7 Å². The van der Waals surface area contributed by atoms with Crippen molar-refractivity contribution in [2.24, 2.45) is 5.92 Å². The van der Waals surface area contributed by atoms with Crippen LogP contribution in [0.4, 0.5) is 0 Å². The van der Waals surface area contributed by atoms with E-state index in [-0.39, 0.29) is 5.43 Å². The van der Waals surface area contributed by atoms with Crippen LogP contribution in [0, 0.1) is 5.92 Å². The van der Waals surface area contributed by atoms with E-state index < -0.39 is 0 Å². The second-order valence-corrected chi connectivity index (χ2v) is 8.04. The topological polar surface area (TPSA) is 44.1 Å². The summed E-state index contributed by atoms with van der Waals surface area (Å²) >= 11 is 0. The number of allylic oxidation sites excluding steroid dienone is 1. The average Bonchev–Trinajstić information content (AvgIpc) is 3.30. The maximum atomic E-state index is 12.5. The van der Waals surface area contributed by atoms with Gasteiger partial charge in [0.15, 0.2) is 0 Å². The van der Waals surface area contributed by atoms with Gasteiger partial charge in [0.1, 0.15) is 11.4 Å². The molecule has 0 radical (unpaired) electrons. The molecule has 0 amide bonds. The molecule has 1 heterocycles. The molecule has 1 fully saturated rings. The Hall–Kier alpha value is -2.88. The van der Waals surface area contributed by atoms with Gasteiger partial charge in [0.25, 0.3) is 0 Å². The summed E-state index contributed by atoms with van der Waals surface area (Å²) in [6, 6.07) is 15.3. The Balaban J connectivity index is 0.000000310. The predicted molar refractivity (Wildman–Crippen MR) is 125 cm³/mol. The normalized spacial score (nSPS) is 13.7. The van der Waals surface area contributed by atoms with Gasteiger partial charge in [0.2, 0.25) is 5.43 Å². The summed E-state index contributed by atoms with van der Waals surface area (Å²) in [5.41, 5.74) is 2.92. The van der Waals surface area contributed by atoms with Crippen LogP contribution in [0.2, 0.25) is 0 Å². The third-order valence-corrected chi connectivity index (χ3v) is 5.81. The van der Waals surface area contributed by atoms with Crippen LogP contribution >= 0.6 is 0 Å². The van der Waals surface area contributed by atoms with Gasteiger partial charge in [-0.1, -0.05) is 69.9 Å². The first-order chi connectivity index (χ1) is 14.5. The number of aromatic nitrogens is 2. The highest BCUT2D eigenvalue weighted by Crippen LogP contribution is 2.26. The molecule has 1 saturated carbocycles. The number of benzene rings is 2. The third kappa shape index (κ3) is 5.18. The molecule has 0 aliphatic heterocycles. The van der Waals surface area contributed by atoms with Crippen molar-refractivity contribution in [1.82, 2.24) is 9.78 Å². The zero-order chi connectivity index (χ0) is 21.5. The van der Waals surface area contributed by atoms with Crippen molar-refractivity contribution in [3.63, 3.8) is 0 Å². The van der Waals surface area contributed by atoms with Gasteiger partial charge in [-0.05, 0) is 48.2 Å². The summed E-state index contributed by atoms with van der Waals surface area (Å²) in [7, 11) is 1.64. The van der Waals surface area contributed by atoms with Gasteiger partial charge < -0.3 is 4.74 Å². The molecule has 0 unspecified atom stereocenters. The van der Waals surface area contributed by atoms with Crippen molar-refractivity contribution in [3.8, 4) is 5.75 Å². The summed E-state index contributed by atoms with van der Waals surface area (Å²) in [4.78, 5) is 12.5. The first-order valence-electron chi connectivity index (χ1n) is 10.8. The molecule has 1 aromatic heterocycles. The molecule has 0 spiro atoms. The van der Waals surface area contributed by atoms with Gasteiger partial charge in [-0.15, -0.1) is 0 Å². The molecule has 3 aromatic rings. The Morgan fingerprint density at radius 3 is 2.37 bits per heavy atom. The van der Waals surface area contributed by atoms with Crippen LogP contribution in [0.5, 0.6) is 5.75 Å². The highest BCUT2D eigenvalue weighted by Gasteiger charge is 2.12. The Morgan fingerprint density at radius 2 is 1.80 bits per heavy atom. The number of nitrogens with zero attached hydrogens (tertiary/aromatic N) is 2. The van der Waals surface area contributed by atoms with Crippen LogP contribution in [0.1, 0.15) is 57.2 Å². The minimum Gasteiger partial charge on any atom is -0.497 e. The van der Waals surface area contributed by atoms with E-state index in [1.165, 1.54) is 32.1 Å². The summed E-state index contributed by atoms with van der Waals surface area (Å²) in [6.45, 7) is 8.55. The fraction of sp³-hybridized carbons (Fsp3) is 0.385. The van der Waals surface area contributed by atoms with E-state index in [4.69, 9.17) is 4.74 Å². The first kappa shape index (κ1) is 21.8. The Morgan fingerprint density at radius 1 is 1.13 bits per heavy atom. The smallest absolute Gasteiger partial charge is 0.215 e. The van der Waals surface area contributed by atoms with Crippen molar-refractivity contribution >= 4 is 16.5 Å². The molecule has 1 aliphatic carbocycles. The maximum Gasteiger partial charge on any atom is 0.215 e. The van der Waals surface area contributed by atoms with Gasteiger partial charge in [-0.3, -0.25) is 9.48 Å². The molecule has 0 N–H and O–H groups in total. The molecule has 158 valence electrons. The highest BCUT2D eigenvalue weighted by atomic mass is 16.5. The van der Waals surface area contributed by atoms with E-state index in [2.05, 4.69) is 18.6 Å². The lowest BCUT2D eigenvalue weighted by atomic mass is 10.1. The largest absolute Gasteiger partial charge is 0.497 e. The van der Waals surface area contributed by atoms with Crippen LogP contribution in [0.3, 0.4) is 0 Å². The lowest BCUT2D eigenvalue weighted by Crippen LogP contribution is -2.18. The molecular weight excluding hydrogens is 372 g/mol. The van der Waals surface area contributed by atoms with Crippen LogP contribution in [0.15, 0.2) is 59.9 Å². The molecular formula is C26H32N2O2. The summed E-state index contributed by atoms with van der Waals surface area (Å²) in [6.07, 6.45) is 7.43. The summed E-state index contributed by atoms with van der Waals surface area (Å²) in [5, 5.41) is 5.17. The number of para-hydroxylation sites is 1. The highest BCUT2D eigenvalue weighted by molar-refractivity contribution is 5.81. The van der Waals surface area contributed by atoms with Gasteiger partial charge in [0.05, 0.1) is 19.2 Å². The van der Waals surface area contributed by atoms with Gasteiger partial charge in [-0.2, -0.15) is 5.10 Å². The minimum atomic E-state index is -0.0703. The molecule has 4 heteroatoms. The van der Waals surface area contributed by atoms with Crippen LogP contribution < -0.4 is 10.2 Å². The molecule has 0 bridgehead atoms.